The van der Waals surface area contributed by atoms with E-state index in [0.29, 0.717) is 12.5 Å². The number of aryl methyl sites for hydroxylation is 2. The van der Waals surface area contributed by atoms with Crippen molar-refractivity contribution in [3.8, 4) is 16.1 Å². The third kappa shape index (κ3) is 2.97. The van der Waals surface area contributed by atoms with E-state index >= 15 is 0 Å². The summed E-state index contributed by atoms with van der Waals surface area (Å²) in [5.74, 6) is 0.485. The van der Waals surface area contributed by atoms with Gasteiger partial charge in [0.1, 0.15) is 0 Å². The number of para-hydroxylation sites is 1. The van der Waals surface area contributed by atoms with Gasteiger partial charge in [0.15, 0.2) is 0 Å². The minimum Gasteiger partial charge on any atom is -0.351 e. The zero-order valence-corrected chi connectivity index (χ0v) is 16.2. The van der Waals surface area contributed by atoms with E-state index in [2.05, 4.69) is 49.0 Å². The van der Waals surface area contributed by atoms with Crippen molar-refractivity contribution in [3.63, 3.8) is 0 Å². The highest BCUT2D eigenvalue weighted by Crippen LogP contribution is 2.42. The van der Waals surface area contributed by atoms with E-state index in [0.717, 1.165) is 29.1 Å². The molecule has 0 aliphatic heterocycles. The molecule has 0 atom stereocenters. The summed E-state index contributed by atoms with van der Waals surface area (Å²) in [6.07, 6.45) is 1.90. The van der Waals surface area contributed by atoms with Crippen LogP contribution in [0.15, 0.2) is 36.4 Å². The molecule has 1 aliphatic rings. The lowest BCUT2D eigenvalue weighted by molar-refractivity contribution is 0.0953. The van der Waals surface area contributed by atoms with Gasteiger partial charge < -0.3 is 5.32 Å². The SMILES string of the molecule is Cc1nn(-c2ccccc2)c2c1-c1sc(C(=O)NCC(C)C)cc1CC2. The smallest absolute Gasteiger partial charge is 0.261 e. The third-order valence-electron chi connectivity index (χ3n) is 4.72. The normalized spacial score (nSPS) is 12.8. The number of fused-ring (bicyclic) bond motifs is 3. The molecule has 1 amide bonds. The first kappa shape index (κ1) is 17.0. The summed E-state index contributed by atoms with van der Waals surface area (Å²) in [5, 5.41) is 7.83. The summed E-state index contributed by atoms with van der Waals surface area (Å²) in [4.78, 5) is 14.5. The van der Waals surface area contributed by atoms with Crippen LogP contribution in [0.5, 0.6) is 0 Å². The quantitative estimate of drug-likeness (QED) is 0.745. The van der Waals surface area contributed by atoms with Gasteiger partial charge in [0.05, 0.1) is 22.0 Å². The van der Waals surface area contributed by atoms with E-state index in [1.165, 1.54) is 21.7 Å². The van der Waals surface area contributed by atoms with Gasteiger partial charge in [0.25, 0.3) is 5.91 Å². The Balaban J connectivity index is 1.72. The van der Waals surface area contributed by atoms with Gasteiger partial charge in [-0.15, -0.1) is 11.3 Å². The summed E-state index contributed by atoms with van der Waals surface area (Å²) >= 11 is 1.60. The molecule has 2 heterocycles. The minimum absolute atomic E-state index is 0.0350. The molecule has 2 aromatic heterocycles. The van der Waals surface area contributed by atoms with Crippen molar-refractivity contribution in [1.29, 1.82) is 0 Å². The van der Waals surface area contributed by atoms with E-state index in [1.807, 2.05) is 18.2 Å². The Hall–Kier alpha value is -2.40. The first-order valence-electron chi connectivity index (χ1n) is 9.09. The largest absolute Gasteiger partial charge is 0.351 e. The molecule has 3 aromatic rings. The Morgan fingerprint density at radius 1 is 1.27 bits per heavy atom. The van der Waals surface area contributed by atoms with Crippen LogP contribution in [0.1, 0.15) is 40.5 Å². The molecule has 0 spiro atoms. The van der Waals surface area contributed by atoms with Gasteiger partial charge in [0.2, 0.25) is 0 Å². The molecule has 134 valence electrons. The molecule has 0 saturated heterocycles. The number of benzene rings is 1. The van der Waals surface area contributed by atoms with Crippen molar-refractivity contribution in [2.75, 3.05) is 6.54 Å². The van der Waals surface area contributed by atoms with Crippen molar-refractivity contribution < 1.29 is 4.79 Å². The molecule has 1 N–H and O–H groups in total. The number of thiophene rings is 1. The highest BCUT2D eigenvalue weighted by Gasteiger charge is 2.27. The molecule has 4 rings (SSSR count). The fourth-order valence-electron chi connectivity index (χ4n) is 3.46. The minimum atomic E-state index is 0.0350. The number of hydrogen-bond acceptors (Lipinski definition) is 3. The molecule has 0 saturated carbocycles. The lowest BCUT2D eigenvalue weighted by Gasteiger charge is -2.14. The number of rotatable bonds is 4. The van der Waals surface area contributed by atoms with E-state index in [9.17, 15) is 4.79 Å². The zero-order valence-electron chi connectivity index (χ0n) is 15.4. The van der Waals surface area contributed by atoms with Gasteiger partial charge in [-0.2, -0.15) is 5.10 Å². The summed E-state index contributed by atoms with van der Waals surface area (Å²) < 4.78 is 2.06. The second kappa shape index (κ2) is 6.72. The van der Waals surface area contributed by atoms with E-state index in [4.69, 9.17) is 5.10 Å². The molecule has 4 nitrogen and oxygen atoms in total. The van der Waals surface area contributed by atoms with Gasteiger partial charge >= 0.3 is 0 Å². The summed E-state index contributed by atoms with van der Waals surface area (Å²) in [5.41, 5.74) is 5.85. The van der Waals surface area contributed by atoms with E-state index in [-0.39, 0.29) is 5.91 Å². The lowest BCUT2D eigenvalue weighted by atomic mass is 9.95. The van der Waals surface area contributed by atoms with Crippen molar-refractivity contribution in [2.45, 2.75) is 33.6 Å². The molecule has 5 heteroatoms. The van der Waals surface area contributed by atoms with Crippen molar-refractivity contribution >= 4 is 17.2 Å². The monoisotopic (exact) mass is 365 g/mol. The van der Waals surface area contributed by atoms with Gasteiger partial charge in [-0.1, -0.05) is 32.0 Å². The fraction of sp³-hybridized carbons (Fsp3) is 0.333. The highest BCUT2D eigenvalue weighted by molar-refractivity contribution is 7.17. The molecule has 1 aliphatic carbocycles. The Morgan fingerprint density at radius 3 is 2.77 bits per heavy atom. The van der Waals surface area contributed by atoms with Gasteiger partial charge in [0, 0.05) is 17.0 Å². The Kier molecular flexibility index (Phi) is 4.41. The van der Waals surface area contributed by atoms with Crippen LogP contribution >= 0.6 is 11.3 Å². The zero-order chi connectivity index (χ0) is 18.3. The molecular formula is C21H23N3OS. The van der Waals surface area contributed by atoms with E-state index < -0.39 is 0 Å². The van der Waals surface area contributed by atoms with Gasteiger partial charge in [-0.3, -0.25) is 4.79 Å². The maximum absolute atomic E-state index is 12.5. The highest BCUT2D eigenvalue weighted by atomic mass is 32.1. The Labute approximate surface area is 157 Å². The maximum Gasteiger partial charge on any atom is 0.261 e. The number of aromatic nitrogens is 2. The van der Waals surface area contributed by atoms with Gasteiger partial charge in [-0.25, -0.2) is 4.68 Å². The number of carbonyl (C=O) groups excluding carboxylic acids is 1. The third-order valence-corrected chi connectivity index (χ3v) is 5.91. The topological polar surface area (TPSA) is 46.9 Å². The Morgan fingerprint density at radius 2 is 2.04 bits per heavy atom. The summed E-state index contributed by atoms with van der Waals surface area (Å²) in [7, 11) is 0. The molecule has 0 unspecified atom stereocenters. The summed E-state index contributed by atoms with van der Waals surface area (Å²) in [6, 6.07) is 12.3. The molecule has 26 heavy (non-hydrogen) atoms. The number of carbonyl (C=O) groups is 1. The van der Waals surface area contributed by atoms with Crippen molar-refractivity contribution in [2.24, 2.45) is 5.92 Å². The van der Waals surface area contributed by atoms with Crippen LogP contribution in [0.2, 0.25) is 0 Å². The predicted octanol–water partition coefficient (Wildman–Crippen LogP) is 4.39. The van der Waals surface area contributed by atoms with Crippen molar-refractivity contribution in [1.82, 2.24) is 15.1 Å². The number of nitrogens with one attached hydrogen (secondary N) is 1. The van der Waals surface area contributed by atoms with Crippen LogP contribution in [-0.2, 0) is 12.8 Å². The molecule has 0 fully saturated rings. The average molecular weight is 366 g/mol. The lowest BCUT2D eigenvalue weighted by Crippen LogP contribution is -2.26. The Bertz CT molecular complexity index is 953. The second-order valence-corrected chi connectivity index (χ2v) is 8.28. The first-order valence-corrected chi connectivity index (χ1v) is 9.91. The number of amides is 1. The molecule has 0 radical (unpaired) electrons. The molecular weight excluding hydrogens is 342 g/mol. The molecule has 0 bridgehead atoms. The maximum atomic E-state index is 12.5. The number of nitrogens with zero attached hydrogens (tertiary/aromatic N) is 2. The average Bonchev–Trinajstić information content (AvgIpc) is 3.21. The van der Waals surface area contributed by atoms with Crippen molar-refractivity contribution in [3.05, 3.63) is 58.2 Å². The van der Waals surface area contributed by atoms with Gasteiger partial charge in [-0.05, 0) is 49.4 Å². The van der Waals surface area contributed by atoms with Crippen LogP contribution in [0, 0.1) is 12.8 Å². The summed E-state index contributed by atoms with van der Waals surface area (Å²) in [6.45, 7) is 6.98. The van der Waals surface area contributed by atoms with Crippen LogP contribution in [0.25, 0.3) is 16.1 Å². The van der Waals surface area contributed by atoms with Crippen LogP contribution in [0.4, 0.5) is 0 Å². The number of hydrogen-bond donors (Lipinski definition) is 1. The standard InChI is InChI=1S/C21H23N3OS/c1-13(2)12-22-21(25)18-11-15-9-10-17-19(20(15)26-18)14(3)23-24(17)16-7-5-4-6-8-16/h4-8,11,13H,9-10,12H2,1-3H3,(H,22,25). The van der Waals surface area contributed by atoms with Crippen LogP contribution < -0.4 is 5.32 Å². The van der Waals surface area contributed by atoms with E-state index in [1.54, 1.807) is 11.3 Å². The second-order valence-electron chi connectivity index (χ2n) is 7.22. The molecule has 1 aromatic carbocycles. The van der Waals surface area contributed by atoms with Crippen LogP contribution in [0.3, 0.4) is 0 Å². The predicted molar refractivity (Wildman–Crippen MR) is 106 cm³/mol. The fourth-order valence-corrected chi connectivity index (χ4v) is 4.70. The van der Waals surface area contributed by atoms with Crippen LogP contribution in [-0.4, -0.2) is 22.2 Å². The first-order chi connectivity index (χ1) is 12.5.